The average molecular weight is 301 g/mol. The number of fused-ring (bicyclic) bond motifs is 1. The molecule has 1 aliphatic heterocycles. The van der Waals surface area contributed by atoms with E-state index in [2.05, 4.69) is 18.3 Å². The number of rotatable bonds is 3. The molecule has 21 heavy (non-hydrogen) atoms. The molecule has 0 aromatic heterocycles. The lowest BCUT2D eigenvalue weighted by molar-refractivity contribution is -0.117. The fourth-order valence-corrected chi connectivity index (χ4v) is 3.01. The SMILES string of the molecule is C[C@@H]1Cc2ccccc2N1C(=O)CNc1ccccc1Cl. The predicted molar refractivity (Wildman–Crippen MR) is 87.0 cm³/mol. The van der Waals surface area contributed by atoms with Crippen molar-refractivity contribution in [2.45, 2.75) is 19.4 Å². The monoisotopic (exact) mass is 300 g/mol. The zero-order valence-electron chi connectivity index (χ0n) is 11.8. The van der Waals surface area contributed by atoms with Gasteiger partial charge in [-0.1, -0.05) is 41.9 Å². The van der Waals surface area contributed by atoms with Crippen molar-refractivity contribution in [1.29, 1.82) is 0 Å². The van der Waals surface area contributed by atoms with Crippen LogP contribution >= 0.6 is 11.6 Å². The lowest BCUT2D eigenvalue weighted by Crippen LogP contribution is -2.39. The van der Waals surface area contributed by atoms with E-state index < -0.39 is 0 Å². The van der Waals surface area contributed by atoms with Gasteiger partial charge >= 0.3 is 0 Å². The van der Waals surface area contributed by atoms with Crippen molar-refractivity contribution in [2.24, 2.45) is 0 Å². The van der Waals surface area contributed by atoms with E-state index in [0.717, 1.165) is 17.8 Å². The molecule has 0 spiro atoms. The molecule has 0 saturated carbocycles. The number of nitrogens with zero attached hydrogens (tertiary/aromatic N) is 1. The Morgan fingerprint density at radius 2 is 1.95 bits per heavy atom. The van der Waals surface area contributed by atoms with E-state index in [9.17, 15) is 4.79 Å². The second-order valence-corrected chi connectivity index (χ2v) is 5.69. The number of benzene rings is 2. The zero-order valence-corrected chi connectivity index (χ0v) is 12.6. The highest BCUT2D eigenvalue weighted by Gasteiger charge is 2.30. The van der Waals surface area contributed by atoms with Gasteiger partial charge in [-0.25, -0.2) is 0 Å². The largest absolute Gasteiger partial charge is 0.375 e. The van der Waals surface area contributed by atoms with Gasteiger partial charge in [0.1, 0.15) is 0 Å². The van der Waals surface area contributed by atoms with Crippen molar-refractivity contribution < 1.29 is 4.79 Å². The first-order chi connectivity index (χ1) is 10.2. The van der Waals surface area contributed by atoms with Crippen molar-refractivity contribution in [3.05, 3.63) is 59.1 Å². The van der Waals surface area contributed by atoms with Crippen LogP contribution in [0.15, 0.2) is 48.5 Å². The molecule has 0 fully saturated rings. The van der Waals surface area contributed by atoms with Crippen LogP contribution in [0.2, 0.25) is 5.02 Å². The van der Waals surface area contributed by atoms with Gasteiger partial charge in [0, 0.05) is 11.7 Å². The standard InChI is InChI=1S/C17H17ClN2O/c1-12-10-13-6-2-5-9-16(13)20(12)17(21)11-19-15-8-4-3-7-14(15)18/h2-9,12,19H,10-11H2,1H3/t12-/m1/s1. The third-order valence-electron chi connectivity index (χ3n) is 3.78. The van der Waals surface area contributed by atoms with E-state index in [4.69, 9.17) is 11.6 Å². The highest BCUT2D eigenvalue weighted by atomic mass is 35.5. The van der Waals surface area contributed by atoms with Gasteiger partial charge in [0.2, 0.25) is 5.91 Å². The Labute approximate surface area is 129 Å². The summed E-state index contributed by atoms with van der Waals surface area (Å²) >= 11 is 6.09. The Morgan fingerprint density at radius 3 is 2.76 bits per heavy atom. The Balaban J connectivity index is 1.73. The summed E-state index contributed by atoms with van der Waals surface area (Å²) < 4.78 is 0. The summed E-state index contributed by atoms with van der Waals surface area (Å²) in [5.41, 5.74) is 3.04. The molecule has 108 valence electrons. The van der Waals surface area contributed by atoms with Gasteiger partial charge < -0.3 is 10.2 Å². The van der Waals surface area contributed by atoms with Gasteiger partial charge in [0.25, 0.3) is 0 Å². The van der Waals surface area contributed by atoms with E-state index in [1.54, 1.807) is 0 Å². The second kappa shape index (κ2) is 5.78. The molecule has 1 amide bonds. The third-order valence-corrected chi connectivity index (χ3v) is 4.11. The summed E-state index contributed by atoms with van der Waals surface area (Å²) in [4.78, 5) is 14.4. The van der Waals surface area contributed by atoms with E-state index >= 15 is 0 Å². The van der Waals surface area contributed by atoms with E-state index in [1.807, 2.05) is 47.4 Å². The number of nitrogens with one attached hydrogen (secondary N) is 1. The molecule has 1 aliphatic rings. The van der Waals surface area contributed by atoms with Crippen molar-refractivity contribution in [3.8, 4) is 0 Å². The number of carbonyl (C=O) groups is 1. The summed E-state index contributed by atoms with van der Waals surface area (Å²) in [5, 5.41) is 3.74. The molecule has 1 heterocycles. The minimum Gasteiger partial charge on any atom is -0.375 e. The number of halogens is 1. The Kier molecular flexibility index (Phi) is 3.84. The summed E-state index contributed by atoms with van der Waals surface area (Å²) in [5.74, 6) is 0.0624. The molecule has 0 unspecified atom stereocenters. The summed E-state index contributed by atoms with van der Waals surface area (Å²) in [6.45, 7) is 2.32. The van der Waals surface area contributed by atoms with Crippen molar-refractivity contribution in [1.82, 2.24) is 0 Å². The molecule has 0 bridgehead atoms. The molecule has 3 rings (SSSR count). The van der Waals surface area contributed by atoms with Gasteiger partial charge in [-0.2, -0.15) is 0 Å². The van der Waals surface area contributed by atoms with Gasteiger partial charge in [-0.15, -0.1) is 0 Å². The van der Waals surface area contributed by atoms with E-state index in [-0.39, 0.29) is 18.5 Å². The number of hydrogen-bond donors (Lipinski definition) is 1. The summed E-state index contributed by atoms with van der Waals surface area (Å²) in [7, 11) is 0. The van der Waals surface area contributed by atoms with Gasteiger partial charge in [-0.3, -0.25) is 4.79 Å². The number of carbonyl (C=O) groups excluding carboxylic acids is 1. The normalized spacial score (nSPS) is 16.7. The smallest absolute Gasteiger partial charge is 0.246 e. The van der Waals surface area contributed by atoms with Crippen LogP contribution in [0.3, 0.4) is 0 Å². The topological polar surface area (TPSA) is 32.3 Å². The molecule has 4 heteroatoms. The molecular weight excluding hydrogens is 284 g/mol. The van der Waals surface area contributed by atoms with Crippen molar-refractivity contribution in [3.63, 3.8) is 0 Å². The lowest BCUT2D eigenvalue weighted by Gasteiger charge is -2.23. The molecule has 1 N–H and O–H groups in total. The Hall–Kier alpha value is -2.00. The summed E-state index contributed by atoms with van der Waals surface area (Å²) in [6.07, 6.45) is 0.911. The lowest BCUT2D eigenvalue weighted by atomic mass is 10.1. The van der Waals surface area contributed by atoms with Gasteiger partial charge in [0.15, 0.2) is 0 Å². The van der Waals surface area contributed by atoms with Gasteiger partial charge in [0.05, 0.1) is 17.3 Å². The van der Waals surface area contributed by atoms with Crippen molar-refractivity contribution >= 4 is 28.9 Å². The third kappa shape index (κ3) is 2.74. The van der Waals surface area contributed by atoms with Crippen LogP contribution in [0.25, 0.3) is 0 Å². The van der Waals surface area contributed by atoms with Crippen LogP contribution in [-0.2, 0) is 11.2 Å². The predicted octanol–water partition coefficient (Wildman–Crippen LogP) is 3.73. The molecule has 2 aromatic rings. The number of hydrogen-bond acceptors (Lipinski definition) is 2. The van der Waals surface area contributed by atoms with Crippen LogP contribution in [0.1, 0.15) is 12.5 Å². The Morgan fingerprint density at radius 1 is 1.24 bits per heavy atom. The minimum atomic E-state index is 0.0624. The first kappa shape index (κ1) is 14.0. The Bertz CT molecular complexity index is 671. The highest BCUT2D eigenvalue weighted by Crippen LogP contribution is 2.31. The van der Waals surface area contributed by atoms with E-state index in [1.165, 1.54) is 5.56 Å². The van der Waals surface area contributed by atoms with Crippen LogP contribution in [0.4, 0.5) is 11.4 Å². The molecule has 3 nitrogen and oxygen atoms in total. The fourth-order valence-electron chi connectivity index (χ4n) is 2.81. The first-order valence-corrected chi connectivity index (χ1v) is 7.43. The van der Waals surface area contributed by atoms with Crippen LogP contribution in [-0.4, -0.2) is 18.5 Å². The maximum Gasteiger partial charge on any atom is 0.246 e. The van der Waals surface area contributed by atoms with Crippen LogP contribution in [0.5, 0.6) is 0 Å². The maximum atomic E-state index is 12.5. The van der Waals surface area contributed by atoms with Crippen molar-refractivity contribution in [2.75, 3.05) is 16.8 Å². The minimum absolute atomic E-state index is 0.0624. The molecule has 0 saturated heterocycles. The number of para-hydroxylation sites is 2. The molecular formula is C17H17ClN2O. The van der Waals surface area contributed by atoms with Gasteiger partial charge in [-0.05, 0) is 37.1 Å². The average Bonchev–Trinajstić information content (AvgIpc) is 2.82. The van der Waals surface area contributed by atoms with Crippen LogP contribution in [0, 0.1) is 0 Å². The molecule has 1 atom stereocenters. The van der Waals surface area contributed by atoms with E-state index in [0.29, 0.717) is 5.02 Å². The highest BCUT2D eigenvalue weighted by molar-refractivity contribution is 6.33. The first-order valence-electron chi connectivity index (χ1n) is 7.05. The zero-order chi connectivity index (χ0) is 14.8. The fraction of sp³-hybridized carbons (Fsp3) is 0.235. The van der Waals surface area contributed by atoms with Crippen LogP contribution < -0.4 is 10.2 Å². The second-order valence-electron chi connectivity index (χ2n) is 5.28. The quantitative estimate of drug-likeness (QED) is 0.937. The molecule has 0 radical (unpaired) electrons. The summed E-state index contributed by atoms with van der Waals surface area (Å²) in [6, 6.07) is 15.7. The molecule has 0 aliphatic carbocycles. The maximum absolute atomic E-state index is 12.5. The number of anilines is 2. The molecule has 2 aromatic carbocycles. The number of amides is 1.